The molecule has 2 heterocycles. The number of rotatable bonds is 4. The van der Waals surface area contributed by atoms with Crippen LogP contribution in [0.2, 0.25) is 0 Å². The first-order valence-corrected chi connectivity index (χ1v) is 6.86. The molecule has 2 aromatic heterocycles. The number of anilines is 1. The van der Waals surface area contributed by atoms with Crippen LogP contribution >= 0.6 is 0 Å². The fourth-order valence-electron chi connectivity index (χ4n) is 2.12. The van der Waals surface area contributed by atoms with Gasteiger partial charge in [-0.2, -0.15) is 0 Å². The molecule has 0 bridgehead atoms. The highest BCUT2D eigenvalue weighted by Crippen LogP contribution is 2.26. The number of carbonyl (C=O) groups excluding carboxylic acids is 2. The molecule has 0 radical (unpaired) electrons. The van der Waals surface area contributed by atoms with Gasteiger partial charge in [-0.3, -0.25) is 9.59 Å². The molecule has 2 amide bonds. The fourth-order valence-corrected chi connectivity index (χ4v) is 2.12. The van der Waals surface area contributed by atoms with Crippen LogP contribution in [0.25, 0.3) is 11.4 Å². The van der Waals surface area contributed by atoms with Gasteiger partial charge in [-0.25, -0.2) is 4.98 Å². The minimum absolute atomic E-state index is 0.00392. The Kier molecular flexibility index (Phi) is 3.68. The molecule has 0 atom stereocenters. The molecular formula is C16H14N4O3. The van der Waals surface area contributed by atoms with E-state index >= 15 is 0 Å². The Balaban J connectivity index is 1.88. The lowest BCUT2D eigenvalue weighted by Crippen LogP contribution is -2.13. The number of furan rings is 1. The summed E-state index contributed by atoms with van der Waals surface area (Å²) in [7, 11) is 0. The van der Waals surface area contributed by atoms with Gasteiger partial charge in [0.25, 0.3) is 11.8 Å². The number of amides is 2. The standard InChI is InChI=1S/C16H14N4O3/c1-9-8-18-15(19-9)10-4-2-3-5-11(10)20-16(22)13-7-6-12(23-13)14(17)21/h2-8H,1H3,(H2,17,21)(H,18,19)(H,20,22). The second kappa shape index (κ2) is 5.80. The lowest BCUT2D eigenvalue weighted by Gasteiger charge is -2.08. The van der Waals surface area contributed by atoms with Gasteiger partial charge in [-0.1, -0.05) is 12.1 Å². The number of aromatic amines is 1. The molecule has 0 saturated heterocycles. The topological polar surface area (TPSA) is 114 Å². The van der Waals surface area contributed by atoms with Crippen LogP contribution in [-0.2, 0) is 0 Å². The molecule has 3 rings (SSSR count). The predicted octanol–water partition coefficient (Wildman–Crippen LogP) is 2.33. The molecule has 23 heavy (non-hydrogen) atoms. The van der Waals surface area contributed by atoms with Crippen molar-refractivity contribution in [1.29, 1.82) is 0 Å². The second-order valence-corrected chi connectivity index (χ2v) is 4.94. The Morgan fingerprint density at radius 1 is 1.17 bits per heavy atom. The van der Waals surface area contributed by atoms with E-state index in [2.05, 4.69) is 15.3 Å². The van der Waals surface area contributed by atoms with E-state index < -0.39 is 11.8 Å². The average Bonchev–Trinajstić information content (AvgIpc) is 3.17. The predicted molar refractivity (Wildman–Crippen MR) is 83.9 cm³/mol. The van der Waals surface area contributed by atoms with E-state index in [1.807, 2.05) is 19.1 Å². The zero-order chi connectivity index (χ0) is 16.4. The van der Waals surface area contributed by atoms with Gasteiger partial charge in [0.15, 0.2) is 11.5 Å². The molecule has 0 unspecified atom stereocenters. The maximum Gasteiger partial charge on any atom is 0.291 e. The maximum absolute atomic E-state index is 12.3. The maximum atomic E-state index is 12.3. The Hall–Kier alpha value is -3.35. The highest BCUT2D eigenvalue weighted by Gasteiger charge is 2.16. The number of benzene rings is 1. The van der Waals surface area contributed by atoms with E-state index in [4.69, 9.17) is 10.2 Å². The Morgan fingerprint density at radius 2 is 1.91 bits per heavy atom. The summed E-state index contributed by atoms with van der Waals surface area (Å²) in [6.45, 7) is 1.89. The van der Waals surface area contributed by atoms with Crippen LogP contribution in [-0.4, -0.2) is 21.8 Å². The molecule has 7 nitrogen and oxygen atoms in total. The molecule has 0 aliphatic rings. The van der Waals surface area contributed by atoms with Gasteiger partial charge in [0.05, 0.1) is 5.69 Å². The van der Waals surface area contributed by atoms with Crippen LogP contribution in [0.5, 0.6) is 0 Å². The fraction of sp³-hybridized carbons (Fsp3) is 0.0625. The van der Waals surface area contributed by atoms with Crippen LogP contribution in [0.15, 0.2) is 47.0 Å². The lowest BCUT2D eigenvalue weighted by atomic mass is 10.1. The van der Waals surface area contributed by atoms with Gasteiger partial charge < -0.3 is 20.5 Å². The van der Waals surface area contributed by atoms with E-state index in [1.165, 1.54) is 12.1 Å². The number of aromatic nitrogens is 2. The quantitative estimate of drug-likeness (QED) is 0.686. The van der Waals surface area contributed by atoms with Crippen molar-refractivity contribution in [2.24, 2.45) is 5.73 Å². The number of aryl methyl sites for hydroxylation is 1. The monoisotopic (exact) mass is 310 g/mol. The molecule has 0 fully saturated rings. The van der Waals surface area contributed by atoms with Gasteiger partial charge in [-0.15, -0.1) is 0 Å². The number of nitrogens with zero attached hydrogens (tertiary/aromatic N) is 1. The number of primary amides is 1. The molecule has 0 aliphatic carbocycles. The molecule has 1 aromatic carbocycles. The summed E-state index contributed by atoms with van der Waals surface area (Å²) in [5.74, 6) is -0.617. The first kappa shape index (κ1) is 14.6. The summed E-state index contributed by atoms with van der Waals surface area (Å²) in [4.78, 5) is 30.7. The van der Waals surface area contributed by atoms with Crippen LogP contribution in [0, 0.1) is 6.92 Å². The zero-order valence-corrected chi connectivity index (χ0v) is 12.3. The van der Waals surface area contributed by atoms with Crippen molar-refractivity contribution in [2.45, 2.75) is 6.92 Å². The summed E-state index contributed by atoms with van der Waals surface area (Å²) in [5.41, 5.74) is 7.34. The normalized spacial score (nSPS) is 10.5. The van der Waals surface area contributed by atoms with E-state index in [-0.39, 0.29) is 11.5 Å². The lowest BCUT2D eigenvalue weighted by molar-refractivity contribution is 0.0960. The number of nitrogens with one attached hydrogen (secondary N) is 2. The van der Waals surface area contributed by atoms with Crippen LogP contribution in [0.3, 0.4) is 0 Å². The SMILES string of the molecule is Cc1cnc(-c2ccccc2NC(=O)c2ccc(C(N)=O)o2)[nH]1. The van der Waals surface area contributed by atoms with Gasteiger partial charge in [0.1, 0.15) is 5.82 Å². The van der Waals surface area contributed by atoms with Gasteiger partial charge in [-0.05, 0) is 31.2 Å². The van der Waals surface area contributed by atoms with Crippen LogP contribution in [0.1, 0.15) is 26.8 Å². The van der Waals surface area contributed by atoms with Crippen molar-refractivity contribution >= 4 is 17.5 Å². The Bertz CT molecular complexity index is 879. The van der Waals surface area contributed by atoms with Gasteiger partial charge >= 0.3 is 0 Å². The van der Waals surface area contributed by atoms with Gasteiger partial charge in [0, 0.05) is 17.5 Å². The third-order valence-electron chi connectivity index (χ3n) is 3.21. The molecule has 116 valence electrons. The minimum atomic E-state index is -0.726. The highest BCUT2D eigenvalue weighted by molar-refractivity contribution is 6.05. The van der Waals surface area contributed by atoms with Crippen LogP contribution < -0.4 is 11.1 Å². The molecule has 7 heteroatoms. The number of hydrogen-bond donors (Lipinski definition) is 3. The second-order valence-electron chi connectivity index (χ2n) is 4.94. The number of carbonyl (C=O) groups is 2. The largest absolute Gasteiger partial charge is 0.446 e. The van der Waals surface area contributed by atoms with Crippen molar-refractivity contribution in [3.63, 3.8) is 0 Å². The summed E-state index contributed by atoms with van der Waals surface area (Å²) < 4.78 is 5.12. The first-order valence-electron chi connectivity index (χ1n) is 6.86. The summed E-state index contributed by atoms with van der Waals surface area (Å²) in [6.07, 6.45) is 1.71. The van der Waals surface area contributed by atoms with Crippen molar-refractivity contribution < 1.29 is 14.0 Å². The first-order chi connectivity index (χ1) is 11.0. The van der Waals surface area contributed by atoms with Crippen molar-refractivity contribution in [2.75, 3.05) is 5.32 Å². The van der Waals surface area contributed by atoms with E-state index in [9.17, 15) is 9.59 Å². The summed E-state index contributed by atoms with van der Waals surface area (Å²) in [5, 5.41) is 2.74. The highest BCUT2D eigenvalue weighted by atomic mass is 16.4. The molecule has 3 aromatic rings. The Morgan fingerprint density at radius 3 is 2.57 bits per heavy atom. The summed E-state index contributed by atoms with van der Waals surface area (Å²) in [6, 6.07) is 9.99. The zero-order valence-electron chi connectivity index (χ0n) is 12.3. The minimum Gasteiger partial charge on any atom is -0.446 e. The average molecular weight is 310 g/mol. The third kappa shape index (κ3) is 2.98. The number of nitrogens with two attached hydrogens (primary N) is 1. The van der Waals surface area contributed by atoms with E-state index in [1.54, 1.807) is 18.3 Å². The third-order valence-corrected chi connectivity index (χ3v) is 3.21. The molecule has 0 saturated carbocycles. The molecule has 0 aliphatic heterocycles. The van der Waals surface area contributed by atoms with E-state index in [0.29, 0.717) is 11.5 Å². The van der Waals surface area contributed by atoms with Crippen molar-refractivity contribution in [1.82, 2.24) is 9.97 Å². The number of para-hydroxylation sites is 1. The number of imidazole rings is 1. The number of hydrogen-bond acceptors (Lipinski definition) is 4. The van der Waals surface area contributed by atoms with Gasteiger partial charge in [0.2, 0.25) is 0 Å². The molecular weight excluding hydrogens is 296 g/mol. The van der Waals surface area contributed by atoms with Crippen LogP contribution in [0.4, 0.5) is 5.69 Å². The van der Waals surface area contributed by atoms with Crippen molar-refractivity contribution in [3.05, 3.63) is 59.8 Å². The molecule has 4 N–H and O–H groups in total. The van der Waals surface area contributed by atoms with E-state index in [0.717, 1.165) is 11.3 Å². The summed E-state index contributed by atoms with van der Waals surface area (Å²) >= 11 is 0. The number of H-pyrrole nitrogens is 1. The van der Waals surface area contributed by atoms with Crippen molar-refractivity contribution in [3.8, 4) is 11.4 Å². The molecule has 0 spiro atoms. The smallest absolute Gasteiger partial charge is 0.291 e. The Labute approximate surface area is 131 Å².